The first kappa shape index (κ1) is 17.0. The van der Waals surface area contributed by atoms with Crippen molar-refractivity contribution >= 4 is 34.0 Å². The maximum Gasteiger partial charge on any atom is 0.247 e. The number of nitrogens with zero attached hydrogens (tertiary/aromatic N) is 1. The number of fused-ring (bicyclic) bond motifs is 4. The molecule has 0 radical (unpaired) electrons. The lowest BCUT2D eigenvalue weighted by atomic mass is 9.82. The molecule has 1 aromatic heterocycles. The average molecular weight is 360 g/mol. The van der Waals surface area contributed by atoms with Gasteiger partial charge in [-0.3, -0.25) is 24.3 Å². The van der Waals surface area contributed by atoms with Gasteiger partial charge in [-0.1, -0.05) is 45.0 Å². The third kappa shape index (κ3) is 2.37. The Morgan fingerprint density at radius 1 is 0.889 bits per heavy atom. The zero-order valence-corrected chi connectivity index (χ0v) is 15.0. The number of aromatic amines is 1. The molecule has 1 aliphatic rings. The Morgan fingerprint density at radius 3 is 2.15 bits per heavy atom. The SMILES string of the molecule is CC(C)(C)C(=O)C(=O)c1[nH]nc2c3c(ccc12)C(=O)c1ccccc1C3=O. The van der Waals surface area contributed by atoms with Gasteiger partial charge in [0.2, 0.25) is 11.6 Å². The Balaban J connectivity index is 1.92. The van der Waals surface area contributed by atoms with Gasteiger partial charge < -0.3 is 0 Å². The fraction of sp³-hybridized carbons (Fsp3) is 0.190. The largest absolute Gasteiger partial charge is 0.290 e. The molecule has 2 aromatic carbocycles. The van der Waals surface area contributed by atoms with Crippen LogP contribution < -0.4 is 0 Å². The van der Waals surface area contributed by atoms with Crippen LogP contribution in [-0.4, -0.2) is 33.3 Å². The molecule has 0 unspecified atom stereocenters. The summed E-state index contributed by atoms with van der Waals surface area (Å²) in [6, 6.07) is 9.68. The lowest BCUT2D eigenvalue weighted by Crippen LogP contribution is -2.29. The third-order valence-electron chi connectivity index (χ3n) is 4.73. The highest BCUT2D eigenvalue weighted by atomic mass is 16.2. The molecule has 0 atom stereocenters. The quantitative estimate of drug-likeness (QED) is 0.437. The minimum absolute atomic E-state index is 0.0341. The second-order valence-corrected chi connectivity index (χ2v) is 7.59. The summed E-state index contributed by atoms with van der Waals surface area (Å²) in [6.07, 6.45) is 0. The van der Waals surface area contributed by atoms with Gasteiger partial charge in [0.1, 0.15) is 11.2 Å². The number of H-pyrrole nitrogens is 1. The number of aromatic nitrogens is 2. The molecule has 0 aliphatic heterocycles. The van der Waals surface area contributed by atoms with E-state index >= 15 is 0 Å². The van der Waals surface area contributed by atoms with Crippen LogP contribution in [0, 0.1) is 5.41 Å². The number of carbonyl (C=O) groups excluding carboxylic acids is 4. The topological polar surface area (TPSA) is 97.0 Å². The van der Waals surface area contributed by atoms with Crippen LogP contribution in [0.5, 0.6) is 0 Å². The van der Waals surface area contributed by atoms with Crippen LogP contribution in [0.15, 0.2) is 36.4 Å². The number of hydrogen-bond acceptors (Lipinski definition) is 5. The molecule has 0 spiro atoms. The molecule has 27 heavy (non-hydrogen) atoms. The molecule has 6 heteroatoms. The molecule has 1 aliphatic carbocycles. The second kappa shape index (κ2) is 5.54. The Kier molecular flexibility index (Phi) is 3.49. The molecule has 6 nitrogen and oxygen atoms in total. The molecule has 0 fully saturated rings. The van der Waals surface area contributed by atoms with Crippen molar-refractivity contribution in [2.24, 2.45) is 5.41 Å². The highest BCUT2D eigenvalue weighted by Crippen LogP contribution is 2.33. The Hall–Kier alpha value is -3.41. The van der Waals surface area contributed by atoms with Crippen LogP contribution in [0.25, 0.3) is 10.9 Å². The van der Waals surface area contributed by atoms with E-state index in [0.29, 0.717) is 16.5 Å². The average Bonchev–Trinajstić information content (AvgIpc) is 3.07. The van der Waals surface area contributed by atoms with Crippen LogP contribution in [0.4, 0.5) is 0 Å². The molecule has 0 bridgehead atoms. The van der Waals surface area contributed by atoms with Gasteiger partial charge in [-0.15, -0.1) is 0 Å². The maximum atomic E-state index is 13.0. The van der Waals surface area contributed by atoms with Gasteiger partial charge in [-0.05, 0) is 12.1 Å². The summed E-state index contributed by atoms with van der Waals surface area (Å²) in [5, 5.41) is 7.05. The molecular weight excluding hydrogens is 344 g/mol. The van der Waals surface area contributed by atoms with Gasteiger partial charge in [-0.25, -0.2) is 0 Å². The predicted molar refractivity (Wildman–Crippen MR) is 98.2 cm³/mol. The fourth-order valence-electron chi connectivity index (χ4n) is 3.29. The van der Waals surface area contributed by atoms with E-state index in [-0.39, 0.29) is 33.9 Å². The molecule has 0 saturated heterocycles. The van der Waals surface area contributed by atoms with Gasteiger partial charge in [0, 0.05) is 27.5 Å². The van der Waals surface area contributed by atoms with Gasteiger partial charge in [0.05, 0.1) is 5.56 Å². The number of rotatable bonds is 2. The molecule has 1 heterocycles. The second-order valence-electron chi connectivity index (χ2n) is 7.59. The monoisotopic (exact) mass is 360 g/mol. The van der Waals surface area contributed by atoms with Crippen molar-refractivity contribution in [2.75, 3.05) is 0 Å². The molecule has 0 saturated carbocycles. The van der Waals surface area contributed by atoms with E-state index in [1.165, 1.54) is 6.07 Å². The number of benzene rings is 2. The predicted octanol–water partition coefficient (Wildman–Crippen LogP) is 3.14. The summed E-state index contributed by atoms with van der Waals surface area (Å²) in [7, 11) is 0. The highest BCUT2D eigenvalue weighted by molar-refractivity contribution is 6.46. The number of Topliss-reactive ketones (excluding diaryl/α,β-unsaturated/α-hetero) is 2. The molecule has 1 N–H and O–H groups in total. The van der Waals surface area contributed by atoms with Crippen LogP contribution in [0.3, 0.4) is 0 Å². The van der Waals surface area contributed by atoms with E-state index in [4.69, 9.17) is 0 Å². The summed E-state index contributed by atoms with van der Waals surface area (Å²) < 4.78 is 0. The molecule has 3 aromatic rings. The van der Waals surface area contributed by atoms with Gasteiger partial charge in [-0.2, -0.15) is 5.10 Å². The molecular formula is C21H16N2O4. The zero-order chi connectivity index (χ0) is 19.5. The van der Waals surface area contributed by atoms with Crippen molar-refractivity contribution in [2.45, 2.75) is 20.8 Å². The van der Waals surface area contributed by atoms with Crippen molar-refractivity contribution in [1.82, 2.24) is 10.2 Å². The van der Waals surface area contributed by atoms with Gasteiger partial charge in [0.15, 0.2) is 11.6 Å². The number of nitrogens with one attached hydrogen (secondary N) is 1. The zero-order valence-electron chi connectivity index (χ0n) is 15.0. The fourth-order valence-corrected chi connectivity index (χ4v) is 3.29. The van der Waals surface area contributed by atoms with Crippen LogP contribution in [0.2, 0.25) is 0 Å². The highest BCUT2D eigenvalue weighted by Gasteiger charge is 2.35. The number of hydrogen-bond donors (Lipinski definition) is 1. The van der Waals surface area contributed by atoms with Crippen LogP contribution >= 0.6 is 0 Å². The normalized spacial score (nSPS) is 13.4. The van der Waals surface area contributed by atoms with Crippen molar-refractivity contribution in [3.63, 3.8) is 0 Å². The minimum atomic E-state index is -0.840. The summed E-state index contributed by atoms with van der Waals surface area (Å²) >= 11 is 0. The van der Waals surface area contributed by atoms with Crippen molar-refractivity contribution in [3.8, 4) is 0 Å². The molecule has 0 amide bonds. The number of carbonyl (C=O) groups is 4. The van der Waals surface area contributed by atoms with E-state index in [9.17, 15) is 19.2 Å². The van der Waals surface area contributed by atoms with E-state index in [1.54, 1.807) is 51.1 Å². The lowest BCUT2D eigenvalue weighted by molar-refractivity contribution is -0.121. The van der Waals surface area contributed by atoms with Crippen LogP contribution in [0.1, 0.15) is 63.1 Å². The van der Waals surface area contributed by atoms with E-state index < -0.39 is 17.0 Å². The Bertz CT molecular complexity index is 1180. The summed E-state index contributed by atoms with van der Waals surface area (Å²) in [5.41, 5.74) is 0.493. The van der Waals surface area contributed by atoms with Crippen molar-refractivity contribution < 1.29 is 19.2 Å². The summed E-state index contributed by atoms with van der Waals surface area (Å²) in [6.45, 7) is 4.98. The summed E-state index contributed by atoms with van der Waals surface area (Å²) in [5.74, 6) is -1.83. The smallest absolute Gasteiger partial charge is 0.247 e. The standard InChI is InChI=1S/C21H16N2O4/c1-21(2,3)20(27)19(26)16-13-9-8-12-14(15(13)22-23-16)18(25)11-7-5-4-6-10(11)17(12)24/h4-9H,1-3H3,(H,22,23). The van der Waals surface area contributed by atoms with Gasteiger partial charge >= 0.3 is 0 Å². The maximum absolute atomic E-state index is 13.0. The van der Waals surface area contributed by atoms with E-state index in [2.05, 4.69) is 10.2 Å². The van der Waals surface area contributed by atoms with E-state index in [1.807, 2.05) is 0 Å². The molecule has 134 valence electrons. The first-order valence-corrected chi connectivity index (χ1v) is 8.50. The Labute approximate surface area is 154 Å². The summed E-state index contributed by atoms with van der Waals surface area (Å²) in [4.78, 5) is 50.7. The first-order valence-electron chi connectivity index (χ1n) is 8.50. The lowest BCUT2D eigenvalue weighted by Gasteiger charge is -2.17. The van der Waals surface area contributed by atoms with Crippen molar-refractivity contribution in [1.29, 1.82) is 0 Å². The Morgan fingerprint density at radius 2 is 1.52 bits per heavy atom. The van der Waals surface area contributed by atoms with Crippen molar-refractivity contribution in [3.05, 3.63) is 64.3 Å². The third-order valence-corrected chi connectivity index (χ3v) is 4.73. The number of ketones is 4. The first-order chi connectivity index (χ1) is 12.7. The van der Waals surface area contributed by atoms with E-state index in [0.717, 1.165) is 0 Å². The van der Waals surface area contributed by atoms with Crippen LogP contribution in [-0.2, 0) is 4.79 Å². The minimum Gasteiger partial charge on any atom is -0.290 e. The molecule has 4 rings (SSSR count). The van der Waals surface area contributed by atoms with Gasteiger partial charge in [0.25, 0.3) is 0 Å².